The van der Waals surface area contributed by atoms with Crippen LogP contribution in [0.2, 0.25) is 24.8 Å². The van der Waals surface area contributed by atoms with E-state index in [0.717, 1.165) is 13.8 Å². The number of hydrogen-bond donors (Lipinski definition) is 0. The number of Topliss-reactive ketones (excluding diaryl/α,β-unsaturated/α-hetero) is 1. The van der Waals surface area contributed by atoms with Crippen LogP contribution in [-0.4, -0.2) is 18.8 Å². The average molecular weight is 503 g/mol. The minimum atomic E-state index is -1.70. The molecule has 0 aliphatic rings. The van der Waals surface area contributed by atoms with Gasteiger partial charge in [0.1, 0.15) is 0 Å². The van der Waals surface area contributed by atoms with E-state index in [1.807, 2.05) is 0 Å². The zero-order valence-corrected chi connectivity index (χ0v) is 19.3. The molecule has 0 fully saturated rings. The molecule has 2 rings (SSSR count). The number of halogens is 2. The molecule has 0 unspecified atom stereocenters. The molecule has 0 aromatic carbocycles. The molecule has 0 aliphatic heterocycles. The van der Waals surface area contributed by atoms with Crippen LogP contribution in [0.4, 0.5) is 0 Å². The van der Waals surface area contributed by atoms with E-state index in [0.29, 0.717) is 11.3 Å². The van der Waals surface area contributed by atoms with Crippen molar-refractivity contribution in [2.45, 2.75) is 26.6 Å². The van der Waals surface area contributed by atoms with Gasteiger partial charge in [0.15, 0.2) is 0 Å². The summed E-state index contributed by atoms with van der Waals surface area (Å²) in [5, 5.41) is 2.18. The van der Waals surface area contributed by atoms with Gasteiger partial charge >= 0.3 is 134 Å². The van der Waals surface area contributed by atoms with E-state index < -0.39 is 31.4 Å². The summed E-state index contributed by atoms with van der Waals surface area (Å²) in [6, 6.07) is 1.77. The number of pyridine rings is 1. The normalized spacial score (nSPS) is 11.7. The number of rotatable bonds is 3. The molecular formula is C12H13Cl2HgNO2Si. The monoisotopic (exact) mass is 503 g/mol. The summed E-state index contributed by atoms with van der Waals surface area (Å²) in [5.74, 6) is -0.100. The number of furan rings is 1. The number of ketones is 1. The van der Waals surface area contributed by atoms with Gasteiger partial charge in [0.05, 0.1) is 0 Å². The zero-order chi connectivity index (χ0) is 14.4. The minimum absolute atomic E-state index is 0.100. The van der Waals surface area contributed by atoms with Gasteiger partial charge in [-0.05, 0) is 0 Å². The van der Waals surface area contributed by atoms with Crippen LogP contribution < -0.4 is 8.46 Å². The van der Waals surface area contributed by atoms with E-state index >= 15 is 0 Å². The summed E-state index contributed by atoms with van der Waals surface area (Å²) < 4.78 is 7.10. The van der Waals surface area contributed by atoms with Gasteiger partial charge in [-0.25, -0.2) is 0 Å². The van der Waals surface area contributed by atoms with Crippen LogP contribution in [0, 0.1) is 0 Å². The average Bonchev–Trinajstić information content (AvgIpc) is 2.67. The van der Waals surface area contributed by atoms with Crippen LogP contribution in [0.3, 0.4) is 0 Å². The first-order valence-electron chi connectivity index (χ1n) is 5.95. The third-order valence-corrected chi connectivity index (χ3v) is 12.4. The fraction of sp³-hybridized carbons (Fsp3) is 0.333. The predicted octanol–water partition coefficient (Wildman–Crippen LogP) is 3.09. The molecule has 98 valence electrons. The SMILES string of the molecule is CC(=O)c1cc2[c]([Hg][Cl])c([Si](C)(C)C)oc2c(Cl)n1. The summed E-state index contributed by atoms with van der Waals surface area (Å²) >= 11 is 4.43. The van der Waals surface area contributed by atoms with Gasteiger partial charge in [-0.1, -0.05) is 0 Å². The molecule has 0 N–H and O–H groups in total. The Hall–Kier alpha value is 0.0919. The van der Waals surface area contributed by atoms with E-state index in [9.17, 15) is 4.79 Å². The number of carbonyl (C=O) groups excluding carboxylic acids is 1. The van der Waals surface area contributed by atoms with Crippen molar-refractivity contribution in [2.24, 2.45) is 0 Å². The molecule has 2 heterocycles. The zero-order valence-electron chi connectivity index (χ0n) is 11.3. The van der Waals surface area contributed by atoms with Crippen LogP contribution in [-0.2, 0) is 23.3 Å². The predicted molar refractivity (Wildman–Crippen MR) is 77.5 cm³/mol. The van der Waals surface area contributed by atoms with Gasteiger partial charge in [0.2, 0.25) is 0 Å². The van der Waals surface area contributed by atoms with Gasteiger partial charge in [-0.2, -0.15) is 0 Å². The van der Waals surface area contributed by atoms with Crippen molar-refractivity contribution in [2.75, 3.05) is 0 Å². The van der Waals surface area contributed by atoms with E-state index in [2.05, 4.69) is 24.6 Å². The van der Waals surface area contributed by atoms with Crippen molar-refractivity contribution in [3.63, 3.8) is 0 Å². The quantitative estimate of drug-likeness (QED) is 0.368. The summed E-state index contributed by atoms with van der Waals surface area (Å²) in [4.78, 5) is 15.6. The molecule has 2 aromatic rings. The molecule has 19 heavy (non-hydrogen) atoms. The molecule has 0 aliphatic carbocycles. The third-order valence-electron chi connectivity index (χ3n) is 2.91. The molecule has 0 radical (unpaired) electrons. The Kier molecular flexibility index (Phi) is 4.45. The first kappa shape index (κ1) is 15.5. The van der Waals surface area contributed by atoms with Crippen LogP contribution in [0.15, 0.2) is 10.5 Å². The number of aromatic nitrogens is 1. The van der Waals surface area contributed by atoms with E-state index in [1.54, 1.807) is 6.07 Å². The van der Waals surface area contributed by atoms with Crippen molar-refractivity contribution in [3.8, 4) is 0 Å². The third kappa shape index (κ3) is 2.91. The second kappa shape index (κ2) is 5.47. The van der Waals surface area contributed by atoms with E-state index in [-0.39, 0.29) is 10.9 Å². The van der Waals surface area contributed by atoms with Crippen LogP contribution in [0.5, 0.6) is 0 Å². The summed E-state index contributed by atoms with van der Waals surface area (Å²) in [7, 11) is 4.66. The van der Waals surface area contributed by atoms with Crippen LogP contribution >= 0.6 is 19.9 Å². The van der Waals surface area contributed by atoms with Gasteiger partial charge in [-0.15, -0.1) is 0 Å². The first-order chi connectivity index (χ1) is 8.75. The van der Waals surface area contributed by atoms with Crippen molar-refractivity contribution in [1.82, 2.24) is 4.98 Å². The standard InChI is InChI=1S/C12H13ClNO2Si.ClH.Hg/c1-7(15)9-5-8-6-10(17(2,3)4)16-11(8)12(13)14-9;;/h5H,1-4H3;1H;/q;;+1/p-1. The Labute approximate surface area is 133 Å². The molecule has 3 nitrogen and oxygen atoms in total. The number of fused-ring (bicyclic) bond motifs is 1. The maximum atomic E-state index is 11.5. The summed E-state index contributed by atoms with van der Waals surface area (Å²) in [6.45, 7) is 8.11. The fourth-order valence-corrected chi connectivity index (χ4v) is 16.3. The van der Waals surface area contributed by atoms with Gasteiger partial charge in [0, 0.05) is 0 Å². The molecule has 0 spiro atoms. The molecule has 0 saturated heterocycles. The van der Waals surface area contributed by atoms with Crippen molar-refractivity contribution < 1.29 is 32.6 Å². The number of hydrogen-bond acceptors (Lipinski definition) is 3. The second-order valence-corrected chi connectivity index (χ2v) is 17.0. The molecule has 0 bridgehead atoms. The van der Waals surface area contributed by atoms with Crippen molar-refractivity contribution in [1.29, 1.82) is 0 Å². The molecule has 7 heteroatoms. The number of carbonyl (C=O) groups is 1. The van der Waals surface area contributed by atoms with E-state index in [1.165, 1.54) is 6.92 Å². The van der Waals surface area contributed by atoms with Gasteiger partial charge in [0.25, 0.3) is 0 Å². The van der Waals surface area contributed by atoms with Crippen molar-refractivity contribution in [3.05, 3.63) is 16.9 Å². The Morgan fingerprint density at radius 2 is 2.05 bits per heavy atom. The number of nitrogens with zero attached hydrogens (tertiary/aromatic N) is 1. The molecule has 0 saturated carbocycles. The summed E-state index contributed by atoms with van der Waals surface area (Å²) in [6.07, 6.45) is 0. The van der Waals surface area contributed by atoms with E-state index in [4.69, 9.17) is 24.3 Å². The second-order valence-electron chi connectivity index (χ2n) is 5.52. The summed E-state index contributed by atoms with van der Waals surface area (Å²) in [5.41, 5.74) is 0.958. The Bertz CT molecular complexity index is 664. The van der Waals surface area contributed by atoms with Gasteiger partial charge in [-0.3, -0.25) is 0 Å². The molecule has 0 atom stereocenters. The molecule has 0 amide bonds. The Morgan fingerprint density at radius 3 is 2.53 bits per heavy atom. The maximum absolute atomic E-state index is 11.5. The van der Waals surface area contributed by atoms with Crippen molar-refractivity contribution >= 4 is 53.1 Å². The van der Waals surface area contributed by atoms with Gasteiger partial charge < -0.3 is 0 Å². The topological polar surface area (TPSA) is 43.1 Å². The van der Waals surface area contributed by atoms with Crippen LogP contribution in [0.1, 0.15) is 17.4 Å². The Morgan fingerprint density at radius 1 is 1.42 bits per heavy atom. The first-order valence-corrected chi connectivity index (χ1v) is 19.3. The van der Waals surface area contributed by atoms with Crippen LogP contribution in [0.25, 0.3) is 11.0 Å². The fourth-order valence-electron chi connectivity index (χ4n) is 2.03. The molecular weight excluding hydrogens is 490 g/mol. The molecule has 2 aromatic heterocycles. The Balaban J connectivity index is 2.84.